The maximum absolute atomic E-state index is 15.9. The van der Waals surface area contributed by atoms with Gasteiger partial charge in [-0.05, 0) is 27.6 Å². The highest BCUT2D eigenvalue weighted by atomic mass is 31.2. The van der Waals surface area contributed by atoms with Crippen LogP contribution in [0.1, 0.15) is 0 Å². The van der Waals surface area contributed by atoms with Crippen LogP contribution in [0.15, 0.2) is 164 Å². The van der Waals surface area contributed by atoms with E-state index in [4.69, 9.17) is 9.97 Å². The standard InChI is InChI=1S/C40H27N2OP/c43-44(29-18-6-2-7-19-29,30-20-8-3-9-21-30)39-33-24-12-10-22-31(33)37(32-23-11-13-25-34(32)39)40-41-36-27-15-14-26-35(36)38(42-40)28-16-4-1-5-17-28/h1-27H. The predicted molar refractivity (Wildman–Crippen MR) is 185 cm³/mol. The number of para-hydroxylation sites is 1. The summed E-state index contributed by atoms with van der Waals surface area (Å²) >= 11 is 0. The zero-order valence-corrected chi connectivity index (χ0v) is 24.7. The summed E-state index contributed by atoms with van der Waals surface area (Å²) in [5.41, 5.74) is 3.75. The van der Waals surface area contributed by atoms with E-state index in [2.05, 4.69) is 42.5 Å². The summed E-state index contributed by atoms with van der Waals surface area (Å²) in [6, 6.07) is 54.8. The molecule has 0 bridgehead atoms. The van der Waals surface area contributed by atoms with Gasteiger partial charge in [0.1, 0.15) is 0 Å². The molecular formula is C40H27N2OP. The van der Waals surface area contributed by atoms with Crippen molar-refractivity contribution in [3.05, 3.63) is 164 Å². The van der Waals surface area contributed by atoms with E-state index in [-0.39, 0.29) is 0 Å². The van der Waals surface area contributed by atoms with Gasteiger partial charge in [-0.1, -0.05) is 158 Å². The molecule has 0 saturated carbocycles. The van der Waals surface area contributed by atoms with Gasteiger partial charge in [0.15, 0.2) is 13.0 Å². The second-order valence-electron chi connectivity index (χ2n) is 10.9. The number of aromatic nitrogens is 2. The van der Waals surface area contributed by atoms with Crippen LogP contribution in [0.5, 0.6) is 0 Å². The van der Waals surface area contributed by atoms with Crippen molar-refractivity contribution in [2.75, 3.05) is 0 Å². The molecule has 0 unspecified atom stereocenters. The normalized spacial score (nSPS) is 11.7. The maximum atomic E-state index is 15.9. The number of nitrogens with zero attached hydrogens (tertiary/aromatic N) is 2. The lowest BCUT2D eigenvalue weighted by atomic mass is 9.95. The number of fused-ring (bicyclic) bond motifs is 3. The van der Waals surface area contributed by atoms with Crippen LogP contribution in [0.2, 0.25) is 0 Å². The molecule has 0 amide bonds. The van der Waals surface area contributed by atoms with Crippen LogP contribution >= 0.6 is 7.14 Å². The summed E-state index contributed by atoms with van der Waals surface area (Å²) in [6.45, 7) is 0. The topological polar surface area (TPSA) is 42.9 Å². The van der Waals surface area contributed by atoms with Gasteiger partial charge in [-0.15, -0.1) is 0 Å². The van der Waals surface area contributed by atoms with Crippen LogP contribution in [0.25, 0.3) is 55.1 Å². The van der Waals surface area contributed by atoms with E-state index in [1.165, 1.54) is 0 Å². The first-order valence-electron chi connectivity index (χ1n) is 14.7. The van der Waals surface area contributed by atoms with Crippen LogP contribution in [-0.2, 0) is 4.57 Å². The van der Waals surface area contributed by atoms with Gasteiger partial charge in [-0.2, -0.15) is 0 Å². The van der Waals surface area contributed by atoms with Gasteiger partial charge in [-0.25, -0.2) is 9.97 Å². The van der Waals surface area contributed by atoms with E-state index in [0.29, 0.717) is 5.82 Å². The fourth-order valence-corrected chi connectivity index (χ4v) is 9.44. The summed E-state index contributed by atoms with van der Waals surface area (Å²) in [7, 11) is -3.32. The lowest BCUT2D eigenvalue weighted by Crippen LogP contribution is -2.26. The molecular weight excluding hydrogens is 555 g/mol. The van der Waals surface area contributed by atoms with Crippen molar-refractivity contribution in [2.45, 2.75) is 0 Å². The SMILES string of the molecule is O=P(c1ccccc1)(c1ccccc1)c1c2ccccc2c(-c2nc(-c3ccccc3)c3ccccc3n2)c2ccccc12. The minimum Gasteiger partial charge on any atom is -0.309 e. The van der Waals surface area contributed by atoms with Crippen molar-refractivity contribution in [1.82, 2.24) is 9.97 Å². The maximum Gasteiger partial charge on any atom is 0.172 e. The number of rotatable bonds is 5. The average Bonchev–Trinajstić information content (AvgIpc) is 3.11. The minimum absolute atomic E-state index is 0.649. The summed E-state index contributed by atoms with van der Waals surface area (Å²) in [5.74, 6) is 0.649. The monoisotopic (exact) mass is 582 g/mol. The molecule has 0 radical (unpaired) electrons. The molecule has 0 aliphatic rings. The first-order chi connectivity index (χ1) is 21.7. The highest BCUT2D eigenvalue weighted by Gasteiger charge is 2.34. The molecule has 0 N–H and O–H groups in total. The molecule has 0 atom stereocenters. The van der Waals surface area contributed by atoms with Gasteiger partial charge >= 0.3 is 0 Å². The molecule has 0 saturated heterocycles. The van der Waals surface area contributed by atoms with Crippen LogP contribution in [-0.4, -0.2) is 9.97 Å². The largest absolute Gasteiger partial charge is 0.309 e. The minimum atomic E-state index is -3.32. The molecule has 0 aliphatic heterocycles. The van der Waals surface area contributed by atoms with Gasteiger partial charge in [0.05, 0.1) is 11.2 Å². The third-order valence-electron chi connectivity index (χ3n) is 8.33. The third kappa shape index (κ3) is 4.17. The number of hydrogen-bond donors (Lipinski definition) is 0. The second kappa shape index (κ2) is 10.7. The Hall–Kier alpha value is -5.37. The van der Waals surface area contributed by atoms with E-state index in [0.717, 1.165) is 65.2 Å². The lowest BCUT2D eigenvalue weighted by Gasteiger charge is -2.25. The Kier molecular flexibility index (Phi) is 6.40. The van der Waals surface area contributed by atoms with E-state index in [1.807, 2.05) is 121 Å². The first-order valence-corrected chi connectivity index (χ1v) is 16.4. The van der Waals surface area contributed by atoms with Crippen LogP contribution in [0, 0.1) is 0 Å². The summed E-state index contributed by atoms with van der Waals surface area (Å²) in [4.78, 5) is 10.4. The number of hydrogen-bond acceptors (Lipinski definition) is 3. The van der Waals surface area contributed by atoms with Crippen molar-refractivity contribution >= 4 is 55.5 Å². The van der Waals surface area contributed by atoms with Gasteiger partial charge < -0.3 is 4.57 Å². The molecule has 7 aromatic carbocycles. The molecule has 8 aromatic rings. The Bertz CT molecular complexity index is 2250. The highest BCUT2D eigenvalue weighted by Crippen LogP contribution is 2.49. The zero-order valence-electron chi connectivity index (χ0n) is 23.8. The molecule has 1 heterocycles. The van der Waals surface area contributed by atoms with E-state index < -0.39 is 7.14 Å². The molecule has 208 valence electrons. The quantitative estimate of drug-likeness (QED) is 0.150. The van der Waals surface area contributed by atoms with E-state index >= 15 is 4.57 Å². The molecule has 4 heteroatoms. The smallest absolute Gasteiger partial charge is 0.172 e. The Morgan fingerprint density at radius 2 is 0.841 bits per heavy atom. The van der Waals surface area contributed by atoms with Gasteiger partial charge in [0, 0.05) is 32.4 Å². The van der Waals surface area contributed by atoms with Crippen LogP contribution < -0.4 is 15.9 Å². The molecule has 1 aromatic heterocycles. The lowest BCUT2D eigenvalue weighted by molar-refractivity contribution is 0.593. The molecule has 0 spiro atoms. The summed E-state index contributed by atoms with van der Waals surface area (Å²) in [6.07, 6.45) is 0. The molecule has 3 nitrogen and oxygen atoms in total. The average molecular weight is 583 g/mol. The second-order valence-corrected chi connectivity index (χ2v) is 13.6. The molecule has 0 fully saturated rings. The Labute approximate surface area is 255 Å². The van der Waals surface area contributed by atoms with Crippen molar-refractivity contribution in [2.24, 2.45) is 0 Å². The Morgan fingerprint density at radius 3 is 1.39 bits per heavy atom. The van der Waals surface area contributed by atoms with Crippen molar-refractivity contribution in [1.29, 1.82) is 0 Å². The van der Waals surface area contributed by atoms with E-state index in [9.17, 15) is 0 Å². The van der Waals surface area contributed by atoms with Crippen LogP contribution in [0.4, 0.5) is 0 Å². The zero-order chi connectivity index (χ0) is 29.5. The first kappa shape index (κ1) is 26.3. The van der Waals surface area contributed by atoms with Gasteiger partial charge in [0.2, 0.25) is 0 Å². The fourth-order valence-electron chi connectivity index (χ4n) is 6.37. The Morgan fingerprint density at radius 1 is 0.409 bits per heavy atom. The molecule has 44 heavy (non-hydrogen) atoms. The fraction of sp³-hybridized carbons (Fsp3) is 0. The van der Waals surface area contributed by atoms with Gasteiger partial charge in [0.25, 0.3) is 0 Å². The van der Waals surface area contributed by atoms with Crippen LogP contribution in [0.3, 0.4) is 0 Å². The van der Waals surface area contributed by atoms with Crippen molar-refractivity contribution in [3.8, 4) is 22.6 Å². The highest BCUT2D eigenvalue weighted by molar-refractivity contribution is 7.86. The van der Waals surface area contributed by atoms with Crippen molar-refractivity contribution in [3.63, 3.8) is 0 Å². The predicted octanol–water partition coefficient (Wildman–Crippen LogP) is 8.91. The van der Waals surface area contributed by atoms with Gasteiger partial charge in [-0.3, -0.25) is 0 Å². The van der Waals surface area contributed by atoms with E-state index in [1.54, 1.807) is 0 Å². The summed E-state index contributed by atoms with van der Waals surface area (Å²) < 4.78 is 15.9. The third-order valence-corrected chi connectivity index (χ3v) is 11.5. The molecule has 8 rings (SSSR count). The molecule has 0 aliphatic carbocycles. The van der Waals surface area contributed by atoms with Crippen molar-refractivity contribution < 1.29 is 4.57 Å². The summed E-state index contributed by atoms with van der Waals surface area (Å²) in [5, 5.41) is 7.29. The Balaban J connectivity index is 1.53. The number of benzene rings is 7.